The summed E-state index contributed by atoms with van der Waals surface area (Å²) in [6, 6.07) is 27.5. The molecule has 0 aromatic heterocycles. The Balaban J connectivity index is 0.000000306. The van der Waals surface area contributed by atoms with Crippen molar-refractivity contribution in [2.45, 2.75) is 0 Å². The van der Waals surface area contributed by atoms with Gasteiger partial charge in [-0.3, -0.25) is 39.6 Å². The number of benzodiazepines with no additional fused rings is 1. The molecule has 0 unspecified atom stereocenters. The van der Waals surface area contributed by atoms with Crippen LogP contribution in [0.3, 0.4) is 0 Å². The zero-order valence-electron chi connectivity index (χ0n) is 31.1. The number of allylic oxidation sites excluding steroid dienone is 1. The van der Waals surface area contributed by atoms with E-state index in [-0.39, 0.29) is 60.1 Å². The van der Waals surface area contributed by atoms with Gasteiger partial charge < -0.3 is 15.1 Å². The van der Waals surface area contributed by atoms with E-state index in [0.29, 0.717) is 16.9 Å². The highest BCUT2D eigenvalue weighted by molar-refractivity contribution is 6.20. The number of carbonyl (C=O) groups is 3. The minimum atomic E-state index is -0.661. The Labute approximate surface area is 334 Å². The molecule has 1 aliphatic heterocycles. The van der Waals surface area contributed by atoms with Crippen LogP contribution in [0.1, 0.15) is 34.0 Å². The number of hydrogen-bond acceptors (Lipinski definition) is 10. The molecule has 0 radical (unpaired) electrons. The Morgan fingerprint density at radius 2 is 1.44 bits per heavy atom. The average molecular weight is 802 g/mol. The molecule has 1 N–H and O–H groups in total. The van der Waals surface area contributed by atoms with Crippen LogP contribution in [0.15, 0.2) is 120 Å². The second-order valence-corrected chi connectivity index (χ2v) is 12.1. The van der Waals surface area contributed by atoms with Crippen LogP contribution < -0.4 is 15.1 Å². The van der Waals surface area contributed by atoms with Gasteiger partial charge in [0.15, 0.2) is 5.78 Å². The van der Waals surface area contributed by atoms with Crippen molar-refractivity contribution in [2.75, 3.05) is 49.9 Å². The van der Waals surface area contributed by atoms with Crippen LogP contribution in [0, 0.1) is 31.9 Å². The van der Waals surface area contributed by atoms with E-state index in [4.69, 9.17) is 0 Å². The van der Waals surface area contributed by atoms with Crippen molar-refractivity contribution >= 4 is 70.6 Å². The van der Waals surface area contributed by atoms with Crippen molar-refractivity contribution in [3.8, 4) is 0 Å². The summed E-state index contributed by atoms with van der Waals surface area (Å²) < 4.78 is 27.8. The van der Waals surface area contributed by atoms with Crippen LogP contribution in [-0.2, 0) is 9.59 Å². The molecule has 1 heterocycles. The molecular formula is C41H39ClF2N6O7. The maximum absolute atomic E-state index is 14.1. The zero-order chi connectivity index (χ0) is 40.9. The minimum Gasteiger partial charge on any atom is -0.388 e. The molecular weight excluding hydrogens is 762 g/mol. The van der Waals surface area contributed by atoms with Crippen LogP contribution in [0.2, 0.25) is 0 Å². The Kier molecular flexibility index (Phi) is 15.9. The number of non-ortho nitro benzene ring substituents is 2. The molecule has 0 atom stereocenters. The fourth-order valence-electron chi connectivity index (χ4n) is 5.35. The average Bonchev–Trinajstić information content (AvgIpc) is 3.32. The smallest absolute Gasteiger partial charge is 0.270 e. The number of nitrogens with one attached hydrogen (secondary N) is 1. The van der Waals surface area contributed by atoms with Crippen molar-refractivity contribution in [1.29, 1.82) is 0 Å². The van der Waals surface area contributed by atoms with E-state index in [0.717, 1.165) is 23.6 Å². The number of halogens is 3. The first-order chi connectivity index (χ1) is 26.8. The zero-order valence-corrected chi connectivity index (χ0v) is 31.9. The van der Waals surface area contributed by atoms with Crippen LogP contribution in [-0.4, -0.2) is 68.3 Å². The number of hydrogen-bond donors (Lipinski definition) is 1. The fraction of sp³-hybridized carbons (Fsp3) is 0.122. The van der Waals surface area contributed by atoms with Crippen molar-refractivity contribution in [2.24, 2.45) is 4.99 Å². The maximum atomic E-state index is 14.1. The highest BCUT2D eigenvalue weighted by Gasteiger charge is 2.26. The molecule has 296 valence electrons. The standard InChI is InChI=1S/C16H12FN3O3.C14H11FN2O3.C11H13NO.ClH.H2/c1-19-14-7-6-10(20(22)23)8-12(14)16(18-9-15(19)21)11-4-2-3-5-13(11)17;1-16-13-7-6-9(17(19)20)8-11(13)14(18)10-4-2-3-5-12(10)15;1-12(2)11-7-5-10(6-8-11)4-3-9-13;;/h2-8H,9H2,1H3;2-8,16H,1H3;3-9H,1-2H3;2*1H/b;;4-3+;;/i;;;;1+1. The van der Waals surface area contributed by atoms with E-state index < -0.39 is 27.3 Å². The number of anilines is 3. The van der Waals surface area contributed by atoms with E-state index in [1.54, 1.807) is 32.3 Å². The van der Waals surface area contributed by atoms with Crippen LogP contribution in [0.5, 0.6) is 0 Å². The molecule has 1 amide bonds. The third-order valence-electron chi connectivity index (χ3n) is 8.31. The van der Waals surface area contributed by atoms with Gasteiger partial charge in [0.1, 0.15) is 24.5 Å². The van der Waals surface area contributed by atoms with Gasteiger partial charge in [0.2, 0.25) is 5.91 Å². The predicted molar refractivity (Wildman–Crippen MR) is 221 cm³/mol. The first-order valence-electron chi connectivity index (χ1n) is 16.8. The van der Waals surface area contributed by atoms with Gasteiger partial charge in [0, 0.05) is 76.4 Å². The van der Waals surface area contributed by atoms with Gasteiger partial charge in [-0.05, 0) is 60.2 Å². The number of carbonyl (C=O) groups excluding carboxylic acids is 3. The number of fused-ring (bicyclic) bond motifs is 1. The van der Waals surface area contributed by atoms with Crippen molar-refractivity contribution in [3.05, 3.63) is 175 Å². The number of nitro benzene ring substituents is 2. The predicted octanol–water partition coefficient (Wildman–Crippen LogP) is 8.19. The quantitative estimate of drug-likeness (QED) is 0.0508. The molecule has 13 nitrogen and oxygen atoms in total. The monoisotopic (exact) mass is 801 g/mol. The highest BCUT2D eigenvalue weighted by atomic mass is 35.5. The van der Waals surface area contributed by atoms with Crippen LogP contribution in [0.4, 0.5) is 37.2 Å². The molecule has 0 saturated carbocycles. The molecule has 0 aliphatic carbocycles. The van der Waals surface area contributed by atoms with E-state index in [9.17, 15) is 43.4 Å². The highest BCUT2D eigenvalue weighted by Crippen LogP contribution is 2.30. The molecule has 0 bridgehead atoms. The Hall–Kier alpha value is -7.13. The lowest BCUT2D eigenvalue weighted by Crippen LogP contribution is -2.27. The van der Waals surface area contributed by atoms with E-state index in [1.165, 1.54) is 77.7 Å². The Bertz CT molecular complexity index is 2340. The summed E-state index contributed by atoms with van der Waals surface area (Å²) in [4.78, 5) is 62.7. The second-order valence-electron chi connectivity index (χ2n) is 12.1. The number of rotatable bonds is 9. The topological polar surface area (TPSA) is 168 Å². The first kappa shape index (κ1) is 44.3. The number of benzene rings is 5. The number of aliphatic imine (C=N–C) groups is 1. The summed E-state index contributed by atoms with van der Waals surface area (Å²) in [7, 11) is 7.14. The lowest BCUT2D eigenvalue weighted by Gasteiger charge is -2.17. The lowest BCUT2D eigenvalue weighted by molar-refractivity contribution is -0.385. The minimum absolute atomic E-state index is 0. The summed E-state index contributed by atoms with van der Waals surface area (Å²) in [6.45, 7) is -0.150. The number of likely N-dealkylation sites (N-methyl/N-ethyl adjacent to an activating group) is 1. The number of nitro groups is 2. The summed E-state index contributed by atoms with van der Waals surface area (Å²) in [5.74, 6) is -2.03. The van der Waals surface area contributed by atoms with Gasteiger partial charge in [-0.2, -0.15) is 0 Å². The van der Waals surface area contributed by atoms with Crippen molar-refractivity contribution in [1.82, 2.24) is 0 Å². The normalized spacial score (nSPS) is 11.6. The molecule has 5 aromatic rings. The molecule has 0 saturated heterocycles. The molecule has 0 spiro atoms. The van der Waals surface area contributed by atoms with Gasteiger partial charge in [-0.1, -0.05) is 42.5 Å². The van der Waals surface area contributed by atoms with Crippen LogP contribution >= 0.6 is 12.4 Å². The SMILES string of the molecule is CN(C)c1ccc(/C=C/C=O)cc1.CN1C(=O)CN=C(c2ccccc2F)c2cc([N+](=O)[O-])ccc21.CNc1ccc([N+](=O)[O-])cc1C(=O)c1ccccc1F.Cl.[2HH]. The molecule has 57 heavy (non-hydrogen) atoms. The largest absolute Gasteiger partial charge is 0.388 e. The molecule has 6 rings (SSSR count). The lowest BCUT2D eigenvalue weighted by atomic mass is 9.99. The van der Waals surface area contributed by atoms with Crippen molar-refractivity contribution < 1.29 is 34.4 Å². The summed E-state index contributed by atoms with van der Waals surface area (Å²) in [6.07, 6.45) is 4.05. The van der Waals surface area contributed by atoms with Gasteiger partial charge in [0.25, 0.3) is 11.4 Å². The number of nitrogens with zero attached hydrogens (tertiary/aromatic N) is 5. The summed E-state index contributed by atoms with van der Waals surface area (Å²) in [5, 5.41) is 24.6. The first-order valence-corrected chi connectivity index (χ1v) is 16.8. The van der Waals surface area contributed by atoms with Gasteiger partial charge in [0.05, 0.1) is 32.4 Å². The van der Waals surface area contributed by atoms with Gasteiger partial charge in [-0.25, -0.2) is 8.78 Å². The number of aldehydes is 1. The Morgan fingerprint density at radius 1 is 0.842 bits per heavy atom. The number of amides is 1. The molecule has 5 aromatic carbocycles. The third-order valence-corrected chi connectivity index (χ3v) is 8.31. The maximum Gasteiger partial charge on any atom is 0.270 e. The number of ketones is 1. The molecule has 1 aliphatic rings. The van der Waals surface area contributed by atoms with Gasteiger partial charge >= 0.3 is 0 Å². The third kappa shape index (κ3) is 11.2. The summed E-state index contributed by atoms with van der Waals surface area (Å²) >= 11 is 0. The van der Waals surface area contributed by atoms with Crippen LogP contribution in [0.25, 0.3) is 6.08 Å². The second kappa shape index (κ2) is 20.5. The summed E-state index contributed by atoms with van der Waals surface area (Å²) in [5.41, 5.74) is 3.44. The Morgan fingerprint density at radius 3 is 2.02 bits per heavy atom. The van der Waals surface area contributed by atoms with E-state index >= 15 is 0 Å². The van der Waals surface area contributed by atoms with Gasteiger partial charge in [-0.15, -0.1) is 12.4 Å². The van der Waals surface area contributed by atoms with E-state index in [1.807, 2.05) is 43.3 Å². The van der Waals surface area contributed by atoms with Crippen molar-refractivity contribution in [3.63, 3.8) is 0 Å². The fourth-order valence-corrected chi connectivity index (χ4v) is 5.35. The molecule has 16 heteroatoms. The molecule has 0 fully saturated rings. The van der Waals surface area contributed by atoms with E-state index in [2.05, 4.69) is 10.3 Å².